The molecular formula is C25H31F3N6O3. The summed E-state index contributed by atoms with van der Waals surface area (Å²) in [6.07, 6.45) is -0.1000. The molecule has 1 saturated heterocycles. The van der Waals surface area contributed by atoms with Crippen molar-refractivity contribution in [2.75, 3.05) is 13.6 Å². The quantitative estimate of drug-likeness (QED) is 0.331. The highest BCUT2D eigenvalue weighted by atomic mass is 19.4. The molecular weight excluding hydrogens is 489 g/mol. The number of pyridine rings is 1. The number of nitrogens with one attached hydrogen (secondary N) is 3. The maximum absolute atomic E-state index is 12.9. The number of rotatable bonds is 9. The van der Waals surface area contributed by atoms with Crippen molar-refractivity contribution in [1.82, 2.24) is 25.5 Å². The highest BCUT2D eigenvalue weighted by Crippen LogP contribution is 2.31. The van der Waals surface area contributed by atoms with Crippen molar-refractivity contribution in [1.29, 1.82) is 5.41 Å². The minimum Gasteiger partial charge on any atom is -0.444 e. The zero-order valence-corrected chi connectivity index (χ0v) is 21.1. The number of hydrogen-bond donors (Lipinski definition) is 3. The molecule has 2 unspecified atom stereocenters. The van der Waals surface area contributed by atoms with Gasteiger partial charge in [0.1, 0.15) is 6.26 Å². The zero-order chi connectivity index (χ0) is 27.3. The minimum atomic E-state index is -4.33. The largest absolute Gasteiger partial charge is 0.444 e. The van der Waals surface area contributed by atoms with Crippen LogP contribution in [0, 0.1) is 17.2 Å². The van der Waals surface area contributed by atoms with Gasteiger partial charge in [0.2, 0.25) is 11.8 Å². The van der Waals surface area contributed by atoms with Gasteiger partial charge < -0.3 is 15.1 Å². The maximum atomic E-state index is 12.9. The summed E-state index contributed by atoms with van der Waals surface area (Å²) in [5.41, 5.74) is 0.577. The Morgan fingerprint density at radius 3 is 2.73 bits per heavy atom. The smallest absolute Gasteiger partial charge is 0.389 e. The molecule has 9 nitrogen and oxygen atoms in total. The second kappa shape index (κ2) is 11.6. The van der Waals surface area contributed by atoms with Crippen LogP contribution < -0.4 is 10.6 Å². The summed E-state index contributed by atoms with van der Waals surface area (Å²) in [4.78, 5) is 35.2. The molecule has 1 aliphatic heterocycles. The van der Waals surface area contributed by atoms with Crippen LogP contribution in [0.5, 0.6) is 0 Å². The number of oxazole rings is 1. The van der Waals surface area contributed by atoms with E-state index in [2.05, 4.69) is 20.6 Å². The summed E-state index contributed by atoms with van der Waals surface area (Å²) in [5.74, 6) is -1.60. The van der Waals surface area contributed by atoms with Crippen LogP contribution in [0.3, 0.4) is 0 Å². The van der Waals surface area contributed by atoms with E-state index in [1.54, 1.807) is 7.05 Å². The monoisotopic (exact) mass is 520 g/mol. The van der Waals surface area contributed by atoms with Crippen molar-refractivity contribution in [3.63, 3.8) is 0 Å². The van der Waals surface area contributed by atoms with Gasteiger partial charge in [-0.2, -0.15) is 13.2 Å². The second-order valence-corrected chi connectivity index (χ2v) is 9.48. The van der Waals surface area contributed by atoms with Crippen LogP contribution in [0.1, 0.15) is 62.1 Å². The zero-order valence-electron chi connectivity index (χ0n) is 21.1. The highest BCUT2D eigenvalue weighted by Gasteiger charge is 2.35. The predicted octanol–water partition coefficient (Wildman–Crippen LogP) is 4.45. The van der Waals surface area contributed by atoms with Gasteiger partial charge in [0, 0.05) is 49.1 Å². The second-order valence-electron chi connectivity index (χ2n) is 9.48. The number of carbonyl (C=O) groups is 2. The maximum Gasteiger partial charge on any atom is 0.389 e. The molecule has 1 fully saturated rings. The third-order valence-electron chi connectivity index (χ3n) is 5.94. The van der Waals surface area contributed by atoms with Gasteiger partial charge in [0.25, 0.3) is 5.91 Å². The summed E-state index contributed by atoms with van der Waals surface area (Å²) in [7, 11) is 1.60. The fourth-order valence-electron chi connectivity index (χ4n) is 4.20. The lowest BCUT2D eigenvalue weighted by atomic mass is 9.96. The number of likely N-dealkylation sites (tertiary alicyclic amines) is 1. The Morgan fingerprint density at radius 1 is 1.35 bits per heavy atom. The van der Waals surface area contributed by atoms with Gasteiger partial charge >= 0.3 is 6.18 Å². The Morgan fingerprint density at radius 2 is 2.08 bits per heavy atom. The molecule has 2 aromatic rings. The van der Waals surface area contributed by atoms with Crippen LogP contribution in [-0.2, 0) is 4.79 Å². The van der Waals surface area contributed by atoms with Crippen LogP contribution in [0.4, 0.5) is 13.2 Å². The van der Waals surface area contributed by atoms with Gasteiger partial charge in [-0.05, 0) is 30.9 Å². The van der Waals surface area contributed by atoms with Gasteiger partial charge in [0.05, 0.1) is 12.1 Å². The molecule has 0 saturated carbocycles. The predicted molar refractivity (Wildman–Crippen MR) is 130 cm³/mol. The van der Waals surface area contributed by atoms with Crippen molar-refractivity contribution < 1.29 is 27.2 Å². The molecule has 0 spiro atoms. The Bertz CT molecular complexity index is 1170. The topological polar surface area (TPSA) is 124 Å². The molecule has 0 aliphatic carbocycles. The summed E-state index contributed by atoms with van der Waals surface area (Å²) in [6, 6.07) is 2.96. The third-order valence-corrected chi connectivity index (χ3v) is 5.94. The summed E-state index contributed by atoms with van der Waals surface area (Å²) < 4.78 is 43.7. The standard InChI is InChI=1S/C25H31F3N6O3/c1-14(2)9-17-6-8-34(24(17)36)21(29)19(12-30-4)32-22(35)20-13-37-23(33-20)16-5-7-31-18(10-16)15(3)11-25(26,27)28/h5,7,10,12-15,17,29-30H,6,8-9,11H2,1-4H3,(H,32,35)/b19-12+,29-21?. The van der Waals surface area contributed by atoms with E-state index in [1.807, 2.05) is 13.8 Å². The Kier molecular flexibility index (Phi) is 8.72. The van der Waals surface area contributed by atoms with E-state index in [1.165, 1.54) is 36.4 Å². The number of hydrogen-bond acceptors (Lipinski definition) is 7. The number of alkyl halides is 3. The Hall–Kier alpha value is -3.70. The molecule has 3 rings (SSSR count). The van der Waals surface area contributed by atoms with E-state index in [4.69, 9.17) is 9.83 Å². The molecule has 2 amide bonds. The minimum absolute atomic E-state index is 0.0356. The molecule has 1 aliphatic rings. The first-order valence-corrected chi connectivity index (χ1v) is 12.0. The van der Waals surface area contributed by atoms with Gasteiger partial charge in [-0.1, -0.05) is 20.8 Å². The lowest BCUT2D eigenvalue weighted by Gasteiger charge is -2.20. The first kappa shape index (κ1) is 27.9. The van der Waals surface area contributed by atoms with E-state index < -0.39 is 24.4 Å². The first-order chi connectivity index (χ1) is 17.4. The SMILES string of the molecule is CN/C=C(/NC(=O)c1coc(-c2ccnc(C(C)CC(F)(F)F)c2)n1)C(=N)N1CCC(CC(C)C)C1=O. The normalized spacial score (nSPS) is 17.3. The molecule has 3 N–H and O–H groups in total. The number of halogens is 3. The molecule has 0 radical (unpaired) electrons. The molecule has 0 bridgehead atoms. The summed E-state index contributed by atoms with van der Waals surface area (Å²) in [6.45, 7) is 5.89. The van der Waals surface area contributed by atoms with Crippen LogP contribution in [0.25, 0.3) is 11.5 Å². The van der Waals surface area contributed by atoms with Crippen LogP contribution >= 0.6 is 0 Å². The van der Waals surface area contributed by atoms with Crippen LogP contribution in [-0.4, -0.2) is 52.3 Å². The van der Waals surface area contributed by atoms with Crippen molar-refractivity contribution in [2.45, 2.75) is 52.1 Å². The van der Waals surface area contributed by atoms with Crippen molar-refractivity contribution in [3.8, 4) is 11.5 Å². The third kappa shape index (κ3) is 7.17. The lowest BCUT2D eigenvalue weighted by molar-refractivity contribution is -0.138. The van der Waals surface area contributed by atoms with Gasteiger partial charge in [-0.3, -0.25) is 24.9 Å². The summed E-state index contributed by atoms with van der Waals surface area (Å²) in [5, 5.41) is 13.9. The molecule has 0 aromatic carbocycles. The number of amides is 2. The van der Waals surface area contributed by atoms with Crippen LogP contribution in [0.15, 0.2) is 40.9 Å². The molecule has 200 valence electrons. The molecule has 3 heterocycles. The lowest BCUT2D eigenvalue weighted by Crippen LogP contribution is -2.40. The molecule has 2 aromatic heterocycles. The van der Waals surface area contributed by atoms with E-state index in [0.717, 1.165) is 12.7 Å². The summed E-state index contributed by atoms with van der Waals surface area (Å²) >= 11 is 0. The Labute approximate surface area is 213 Å². The van der Waals surface area contributed by atoms with Gasteiger partial charge in [-0.25, -0.2) is 4.98 Å². The average Bonchev–Trinajstić information content (AvgIpc) is 3.45. The molecule has 2 atom stereocenters. The van der Waals surface area contributed by atoms with E-state index in [-0.39, 0.29) is 40.6 Å². The number of carbonyl (C=O) groups excluding carboxylic acids is 2. The van der Waals surface area contributed by atoms with E-state index >= 15 is 0 Å². The molecule has 12 heteroatoms. The van der Waals surface area contributed by atoms with Gasteiger partial charge in [-0.15, -0.1) is 0 Å². The number of amidine groups is 1. The number of aromatic nitrogens is 2. The van der Waals surface area contributed by atoms with E-state index in [0.29, 0.717) is 24.4 Å². The van der Waals surface area contributed by atoms with E-state index in [9.17, 15) is 22.8 Å². The fourth-order valence-corrected chi connectivity index (χ4v) is 4.20. The van der Waals surface area contributed by atoms with Crippen LogP contribution in [0.2, 0.25) is 0 Å². The van der Waals surface area contributed by atoms with Crippen molar-refractivity contribution in [3.05, 3.63) is 47.9 Å². The fraction of sp³-hybridized carbons (Fsp3) is 0.480. The van der Waals surface area contributed by atoms with Gasteiger partial charge in [0.15, 0.2) is 11.5 Å². The number of nitrogens with zero attached hydrogens (tertiary/aromatic N) is 3. The van der Waals surface area contributed by atoms with Crippen molar-refractivity contribution >= 4 is 17.6 Å². The molecule has 37 heavy (non-hydrogen) atoms. The van der Waals surface area contributed by atoms with Crippen molar-refractivity contribution in [2.24, 2.45) is 11.8 Å². The average molecular weight is 521 g/mol. The Balaban J connectivity index is 1.72. The first-order valence-electron chi connectivity index (χ1n) is 12.0. The highest BCUT2D eigenvalue weighted by molar-refractivity contribution is 6.10.